The van der Waals surface area contributed by atoms with Crippen LogP contribution in [0.3, 0.4) is 0 Å². The molecule has 1 aromatic heterocycles. The van der Waals surface area contributed by atoms with Gasteiger partial charge >= 0.3 is 0 Å². The average molecular weight is 379 g/mol. The van der Waals surface area contributed by atoms with Crippen LogP contribution in [-0.2, 0) is 4.74 Å². The lowest BCUT2D eigenvalue weighted by Gasteiger charge is -2.28. The summed E-state index contributed by atoms with van der Waals surface area (Å²) in [6, 6.07) is 4.23. The molecule has 2 aliphatic heterocycles. The third-order valence-electron chi connectivity index (χ3n) is 5.66. The molecule has 0 amide bonds. The van der Waals surface area contributed by atoms with Crippen molar-refractivity contribution in [3.8, 4) is 0 Å². The SMILES string of the molecule is CCNC(=NCC1(CCO)CCOC1)NCC(c1ccco1)N1CCCC1. The van der Waals surface area contributed by atoms with Crippen LogP contribution in [-0.4, -0.2) is 68.5 Å². The Hall–Kier alpha value is -1.57. The van der Waals surface area contributed by atoms with E-state index >= 15 is 0 Å². The van der Waals surface area contributed by atoms with Crippen molar-refractivity contribution in [1.82, 2.24) is 15.5 Å². The van der Waals surface area contributed by atoms with Crippen LogP contribution in [0.2, 0.25) is 0 Å². The second-order valence-electron chi connectivity index (χ2n) is 7.63. The van der Waals surface area contributed by atoms with E-state index in [9.17, 15) is 5.11 Å². The second kappa shape index (κ2) is 10.1. The number of guanidine groups is 1. The fraction of sp³-hybridized carbons (Fsp3) is 0.750. The molecule has 3 N–H and O–H groups in total. The summed E-state index contributed by atoms with van der Waals surface area (Å²) in [5, 5.41) is 16.3. The lowest BCUT2D eigenvalue weighted by atomic mass is 9.84. The van der Waals surface area contributed by atoms with E-state index in [2.05, 4.69) is 28.5 Å². The highest BCUT2D eigenvalue weighted by molar-refractivity contribution is 5.79. The van der Waals surface area contributed by atoms with Crippen LogP contribution in [0.5, 0.6) is 0 Å². The van der Waals surface area contributed by atoms with Gasteiger partial charge in [0.15, 0.2) is 5.96 Å². The molecule has 3 rings (SSSR count). The van der Waals surface area contributed by atoms with Gasteiger partial charge in [-0.25, -0.2) is 0 Å². The highest BCUT2D eigenvalue weighted by Gasteiger charge is 2.34. The Morgan fingerprint density at radius 1 is 1.37 bits per heavy atom. The minimum atomic E-state index is -0.0353. The van der Waals surface area contributed by atoms with Crippen molar-refractivity contribution in [3.63, 3.8) is 0 Å². The molecule has 2 unspecified atom stereocenters. The monoisotopic (exact) mass is 378 g/mol. The maximum absolute atomic E-state index is 9.41. The molecule has 2 saturated heterocycles. The number of aliphatic hydroxyl groups excluding tert-OH is 1. The number of aliphatic hydroxyl groups is 1. The molecule has 0 saturated carbocycles. The second-order valence-corrected chi connectivity index (χ2v) is 7.63. The Kier molecular flexibility index (Phi) is 7.55. The molecule has 1 aromatic rings. The summed E-state index contributed by atoms with van der Waals surface area (Å²) >= 11 is 0. The van der Waals surface area contributed by atoms with Crippen molar-refractivity contribution in [2.45, 2.75) is 38.6 Å². The number of hydrogen-bond acceptors (Lipinski definition) is 5. The van der Waals surface area contributed by atoms with Crippen LogP contribution >= 0.6 is 0 Å². The van der Waals surface area contributed by atoms with Crippen molar-refractivity contribution in [1.29, 1.82) is 0 Å². The van der Waals surface area contributed by atoms with E-state index in [-0.39, 0.29) is 18.1 Å². The van der Waals surface area contributed by atoms with Crippen molar-refractivity contribution >= 4 is 5.96 Å². The topological polar surface area (TPSA) is 82.3 Å². The fourth-order valence-corrected chi connectivity index (χ4v) is 4.01. The van der Waals surface area contributed by atoms with E-state index < -0.39 is 0 Å². The molecule has 3 heterocycles. The van der Waals surface area contributed by atoms with Crippen LogP contribution in [0.1, 0.15) is 44.4 Å². The Bertz CT molecular complexity index is 564. The molecule has 7 nitrogen and oxygen atoms in total. The molecule has 0 aliphatic carbocycles. The van der Waals surface area contributed by atoms with Gasteiger partial charge in [0.05, 0.1) is 25.5 Å². The molecule has 0 radical (unpaired) electrons. The van der Waals surface area contributed by atoms with Gasteiger partial charge in [-0.15, -0.1) is 0 Å². The largest absolute Gasteiger partial charge is 0.468 e. The van der Waals surface area contributed by atoms with Crippen molar-refractivity contribution in [3.05, 3.63) is 24.2 Å². The summed E-state index contributed by atoms with van der Waals surface area (Å²) in [6.07, 6.45) is 5.93. The van der Waals surface area contributed by atoms with Gasteiger partial charge in [0.25, 0.3) is 0 Å². The number of ether oxygens (including phenoxy) is 1. The van der Waals surface area contributed by atoms with Crippen LogP contribution in [0, 0.1) is 5.41 Å². The van der Waals surface area contributed by atoms with Crippen LogP contribution in [0.4, 0.5) is 0 Å². The number of furan rings is 1. The maximum Gasteiger partial charge on any atom is 0.191 e. The van der Waals surface area contributed by atoms with Gasteiger partial charge in [0.2, 0.25) is 0 Å². The van der Waals surface area contributed by atoms with Crippen molar-refractivity contribution in [2.24, 2.45) is 10.4 Å². The molecular formula is C20H34N4O3. The molecule has 152 valence electrons. The Morgan fingerprint density at radius 3 is 2.85 bits per heavy atom. The fourth-order valence-electron chi connectivity index (χ4n) is 4.01. The first kappa shape index (κ1) is 20.2. The zero-order valence-electron chi connectivity index (χ0n) is 16.5. The zero-order chi connectivity index (χ0) is 19.0. The predicted molar refractivity (Wildman–Crippen MR) is 106 cm³/mol. The van der Waals surface area contributed by atoms with Gasteiger partial charge in [-0.2, -0.15) is 0 Å². The Labute approximate surface area is 162 Å². The van der Waals surface area contributed by atoms with Crippen LogP contribution in [0.25, 0.3) is 0 Å². The summed E-state index contributed by atoms with van der Waals surface area (Å²) in [5.74, 6) is 1.82. The Balaban J connectivity index is 1.63. The first-order valence-electron chi connectivity index (χ1n) is 10.2. The van der Waals surface area contributed by atoms with Gasteiger partial charge in [-0.3, -0.25) is 9.89 Å². The van der Waals surface area contributed by atoms with Gasteiger partial charge in [0, 0.05) is 31.7 Å². The van der Waals surface area contributed by atoms with E-state index in [1.165, 1.54) is 12.8 Å². The van der Waals surface area contributed by atoms with E-state index in [0.29, 0.717) is 13.2 Å². The zero-order valence-corrected chi connectivity index (χ0v) is 16.5. The molecule has 2 aliphatic rings. The minimum Gasteiger partial charge on any atom is -0.468 e. The maximum atomic E-state index is 9.41. The quantitative estimate of drug-likeness (QED) is 0.449. The smallest absolute Gasteiger partial charge is 0.191 e. The number of rotatable bonds is 9. The number of hydrogen-bond donors (Lipinski definition) is 3. The van der Waals surface area contributed by atoms with E-state index in [4.69, 9.17) is 14.1 Å². The third kappa shape index (κ3) is 5.46. The highest BCUT2D eigenvalue weighted by Crippen LogP contribution is 2.32. The van der Waals surface area contributed by atoms with Gasteiger partial charge in [0.1, 0.15) is 5.76 Å². The minimum absolute atomic E-state index is 0.0353. The number of nitrogens with one attached hydrogen (secondary N) is 2. The summed E-state index contributed by atoms with van der Waals surface area (Å²) < 4.78 is 11.3. The third-order valence-corrected chi connectivity index (χ3v) is 5.66. The van der Waals surface area contributed by atoms with Gasteiger partial charge in [-0.1, -0.05) is 0 Å². The van der Waals surface area contributed by atoms with Gasteiger partial charge in [-0.05, 0) is 57.8 Å². The molecule has 0 bridgehead atoms. The standard InChI is InChI=1S/C20H34N4O3/c1-2-21-19(23-15-20(7-11-25)8-13-26-16-20)22-14-17(18-6-5-12-27-18)24-9-3-4-10-24/h5-6,12,17,25H,2-4,7-11,13-16H2,1H3,(H2,21,22,23). The summed E-state index contributed by atoms with van der Waals surface area (Å²) in [7, 11) is 0. The summed E-state index contributed by atoms with van der Waals surface area (Å²) in [6.45, 7) is 8.14. The predicted octanol–water partition coefficient (Wildman–Crippen LogP) is 1.76. The van der Waals surface area contributed by atoms with Crippen LogP contribution < -0.4 is 10.6 Å². The average Bonchev–Trinajstić information content (AvgIpc) is 3.43. The van der Waals surface area contributed by atoms with Crippen LogP contribution in [0.15, 0.2) is 27.8 Å². The van der Waals surface area contributed by atoms with E-state index in [1.807, 2.05) is 6.07 Å². The molecule has 7 heteroatoms. The molecule has 2 atom stereocenters. The van der Waals surface area contributed by atoms with E-state index in [1.54, 1.807) is 6.26 Å². The summed E-state index contributed by atoms with van der Waals surface area (Å²) in [5.41, 5.74) is -0.0353. The number of nitrogens with zero attached hydrogens (tertiary/aromatic N) is 2. The number of likely N-dealkylation sites (tertiary alicyclic amines) is 1. The first-order chi connectivity index (χ1) is 13.3. The van der Waals surface area contributed by atoms with Crippen molar-refractivity contribution in [2.75, 3.05) is 52.5 Å². The Morgan fingerprint density at radius 2 is 2.22 bits per heavy atom. The molecule has 0 aromatic carbocycles. The lowest BCUT2D eigenvalue weighted by Crippen LogP contribution is -2.43. The molecule has 27 heavy (non-hydrogen) atoms. The van der Waals surface area contributed by atoms with Gasteiger partial charge < -0.3 is 24.9 Å². The highest BCUT2D eigenvalue weighted by atomic mass is 16.5. The first-order valence-corrected chi connectivity index (χ1v) is 10.2. The molecule has 0 spiro atoms. The van der Waals surface area contributed by atoms with E-state index in [0.717, 1.165) is 57.3 Å². The molecule has 2 fully saturated rings. The molecular weight excluding hydrogens is 344 g/mol. The summed E-state index contributed by atoms with van der Waals surface area (Å²) in [4.78, 5) is 7.30. The lowest BCUT2D eigenvalue weighted by molar-refractivity contribution is 0.131. The normalized spacial score (nSPS) is 25.0. The van der Waals surface area contributed by atoms with Crippen molar-refractivity contribution < 1.29 is 14.3 Å². The number of aliphatic imine (C=N–C) groups is 1.